The lowest BCUT2D eigenvalue weighted by Crippen LogP contribution is -1.96. The lowest BCUT2D eigenvalue weighted by molar-refractivity contribution is 0.319. The van der Waals surface area contributed by atoms with E-state index in [0.717, 1.165) is 11.1 Å². The van der Waals surface area contributed by atoms with Crippen molar-refractivity contribution in [3.63, 3.8) is 0 Å². The van der Waals surface area contributed by atoms with Gasteiger partial charge in [-0.1, -0.05) is 5.16 Å². The number of phenolic OH excluding ortho intramolecular Hbond substituents is 1. The minimum Gasteiger partial charge on any atom is -0.508 e. The fourth-order valence-corrected chi connectivity index (χ4v) is 1.11. The van der Waals surface area contributed by atoms with Crippen molar-refractivity contribution in [1.82, 2.24) is 0 Å². The second-order valence-electron chi connectivity index (χ2n) is 2.68. The Bertz CT molecular complexity index is 318. The van der Waals surface area contributed by atoms with Crippen LogP contribution in [0.1, 0.15) is 18.1 Å². The molecule has 0 saturated heterocycles. The Labute approximate surface area is 71.0 Å². The third-order valence-corrected chi connectivity index (χ3v) is 1.75. The van der Waals surface area contributed by atoms with Crippen molar-refractivity contribution in [2.75, 3.05) is 0 Å². The Morgan fingerprint density at radius 3 is 2.58 bits per heavy atom. The van der Waals surface area contributed by atoms with Gasteiger partial charge in [0.05, 0.1) is 5.71 Å². The second kappa shape index (κ2) is 3.26. The molecule has 0 amide bonds. The molecule has 12 heavy (non-hydrogen) atoms. The van der Waals surface area contributed by atoms with Gasteiger partial charge in [0, 0.05) is 5.56 Å². The van der Waals surface area contributed by atoms with Crippen LogP contribution >= 0.6 is 0 Å². The van der Waals surface area contributed by atoms with Gasteiger partial charge in [0.25, 0.3) is 0 Å². The molecule has 0 aliphatic rings. The summed E-state index contributed by atoms with van der Waals surface area (Å²) in [7, 11) is 0. The van der Waals surface area contributed by atoms with Crippen molar-refractivity contribution in [2.45, 2.75) is 13.8 Å². The highest BCUT2D eigenvalue weighted by Gasteiger charge is 2.02. The molecule has 3 heteroatoms. The summed E-state index contributed by atoms with van der Waals surface area (Å²) < 4.78 is 0. The lowest BCUT2D eigenvalue weighted by atomic mass is 10.1. The zero-order valence-corrected chi connectivity index (χ0v) is 7.07. The largest absolute Gasteiger partial charge is 0.508 e. The molecular formula is C9H11NO2. The summed E-state index contributed by atoms with van der Waals surface area (Å²) >= 11 is 0. The molecule has 1 aromatic rings. The van der Waals surface area contributed by atoms with E-state index in [1.165, 1.54) is 0 Å². The van der Waals surface area contributed by atoms with E-state index in [2.05, 4.69) is 5.16 Å². The van der Waals surface area contributed by atoms with E-state index in [0.29, 0.717) is 5.71 Å². The molecule has 0 bridgehead atoms. The molecule has 1 rings (SSSR count). The topological polar surface area (TPSA) is 52.8 Å². The van der Waals surface area contributed by atoms with Gasteiger partial charge in [-0.3, -0.25) is 0 Å². The van der Waals surface area contributed by atoms with Crippen molar-refractivity contribution in [1.29, 1.82) is 0 Å². The summed E-state index contributed by atoms with van der Waals surface area (Å²) in [5.41, 5.74) is 2.29. The van der Waals surface area contributed by atoms with Gasteiger partial charge in [-0.25, -0.2) is 0 Å². The van der Waals surface area contributed by atoms with E-state index >= 15 is 0 Å². The van der Waals surface area contributed by atoms with Crippen LogP contribution in [0.5, 0.6) is 5.75 Å². The smallest absolute Gasteiger partial charge is 0.115 e. The maximum absolute atomic E-state index is 9.09. The Balaban J connectivity index is 3.18. The predicted octanol–water partition coefficient (Wildman–Crippen LogP) is 1.90. The van der Waals surface area contributed by atoms with Crippen LogP contribution in [0.3, 0.4) is 0 Å². The summed E-state index contributed by atoms with van der Waals surface area (Å²) in [5, 5.41) is 20.7. The number of rotatable bonds is 1. The molecule has 0 atom stereocenters. The van der Waals surface area contributed by atoms with Gasteiger partial charge < -0.3 is 10.3 Å². The zero-order chi connectivity index (χ0) is 9.14. The van der Waals surface area contributed by atoms with Crippen LogP contribution in [0.15, 0.2) is 23.4 Å². The highest BCUT2D eigenvalue weighted by Crippen LogP contribution is 2.16. The van der Waals surface area contributed by atoms with E-state index in [-0.39, 0.29) is 5.75 Å². The van der Waals surface area contributed by atoms with Crippen molar-refractivity contribution in [3.05, 3.63) is 29.3 Å². The minimum atomic E-state index is 0.224. The number of aryl methyl sites for hydroxylation is 1. The molecule has 0 aromatic heterocycles. The van der Waals surface area contributed by atoms with Gasteiger partial charge in [0.2, 0.25) is 0 Å². The first-order valence-electron chi connectivity index (χ1n) is 3.64. The maximum Gasteiger partial charge on any atom is 0.115 e. The average Bonchev–Trinajstić information content (AvgIpc) is 2.03. The van der Waals surface area contributed by atoms with Crippen LogP contribution in [0.2, 0.25) is 0 Å². The summed E-state index contributed by atoms with van der Waals surface area (Å²) in [6, 6.07) is 4.92. The molecule has 3 nitrogen and oxygen atoms in total. The molecule has 0 radical (unpaired) electrons. The molecule has 64 valence electrons. The fraction of sp³-hybridized carbons (Fsp3) is 0.222. The van der Waals surface area contributed by atoms with Crippen molar-refractivity contribution in [2.24, 2.45) is 5.16 Å². The average molecular weight is 165 g/mol. The van der Waals surface area contributed by atoms with Crippen molar-refractivity contribution < 1.29 is 10.3 Å². The van der Waals surface area contributed by atoms with Crippen LogP contribution in [-0.4, -0.2) is 16.0 Å². The van der Waals surface area contributed by atoms with E-state index in [1.807, 2.05) is 6.92 Å². The monoisotopic (exact) mass is 165 g/mol. The number of benzene rings is 1. The van der Waals surface area contributed by atoms with Crippen LogP contribution in [0.25, 0.3) is 0 Å². The van der Waals surface area contributed by atoms with Crippen molar-refractivity contribution in [3.8, 4) is 5.75 Å². The van der Waals surface area contributed by atoms with Crippen LogP contribution in [0, 0.1) is 6.92 Å². The first-order valence-corrected chi connectivity index (χ1v) is 3.64. The highest BCUT2D eigenvalue weighted by atomic mass is 16.4. The number of hydrogen-bond acceptors (Lipinski definition) is 3. The summed E-state index contributed by atoms with van der Waals surface area (Å²) in [4.78, 5) is 0. The van der Waals surface area contributed by atoms with E-state index in [4.69, 9.17) is 10.3 Å². The zero-order valence-electron chi connectivity index (χ0n) is 7.07. The highest BCUT2D eigenvalue weighted by molar-refractivity contribution is 5.99. The third-order valence-electron chi connectivity index (χ3n) is 1.75. The Morgan fingerprint density at radius 2 is 2.08 bits per heavy atom. The number of aromatic hydroxyl groups is 1. The van der Waals surface area contributed by atoms with Crippen LogP contribution < -0.4 is 0 Å². The maximum atomic E-state index is 9.09. The van der Waals surface area contributed by atoms with Gasteiger partial charge in [-0.2, -0.15) is 0 Å². The molecule has 0 aliphatic carbocycles. The molecule has 0 saturated carbocycles. The lowest BCUT2D eigenvalue weighted by Gasteiger charge is -2.03. The quantitative estimate of drug-likeness (QED) is 0.379. The number of hydrogen-bond donors (Lipinski definition) is 2. The van der Waals surface area contributed by atoms with E-state index < -0.39 is 0 Å². The van der Waals surface area contributed by atoms with Gasteiger partial charge >= 0.3 is 0 Å². The summed E-state index contributed by atoms with van der Waals surface area (Å²) in [6.07, 6.45) is 0. The Kier molecular flexibility index (Phi) is 2.33. The molecule has 0 unspecified atom stereocenters. The first kappa shape index (κ1) is 8.59. The summed E-state index contributed by atoms with van der Waals surface area (Å²) in [6.45, 7) is 3.56. The van der Waals surface area contributed by atoms with Gasteiger partial charge in [-0.15, -0.1) is 0 Å². The normalized spacial score (nSPS) is 11.7. The molecular weight excluding hydrogens is 154 g/mol. The SMILES string of the molecule is C/C(=N/O)c1ccc(O)cc1C. The van der Waals surface area contributed by atoms with Gasteiger partial charge in [0.1, 0.15) is 5.75 Å². The standard InChI is InChI=1S/C9H11NO2/c1-6-5-8(11)3-4-9(6)7(2)10-12/h3-5,11-12H,1-2H3/b10-7-. The Morgan fingerprint density at radius 1 is 1.42 bits per heavy atom. The Hall–Kier alpha value is -1.51. The van der Waals surface area contributed by atoms with Crippen LogP contribution in [0.4, 0.5) is 0 Å². The molecule has 0 fully saturated rings. The minimum absolute atomic E-state index is 0.224. The molecule has 0 heterocycles. The van der Waals surface area contributed by atoms with E-state index in [9.17, 15) is 0 Å². The van der Waals surface area contributed by atoms with Crippen molar-refractivity contribution >= 4 is 5.71 Å². The van der Waals surface area contributed by atoms with Gasteiger partial charge in [-0.05, 0) is 37.6 Å². The number of nitrogens with zero attached hydrogens (tertiary/aromatic N) is 1. The molecule has 0 spiro atoms. The third kappa shape index (κ3) is 1.56. The molecule has 0 aliphatic heterocycles. The number of phenols is 1. The molecule has 1 aromatic carbocycles. The summed E-state index contributed by atoms with van der Waals surface area (Å²) in [5.74, 6) is 0.224. The molecule has 2 N–H and O–H groups in total. The van der Waals surface area contributed by atoms with Gasteiger partial charge in [0.15, 0.2) is 0 Å². The number of oxime groups is 1. The van der Waals surface area contributed by atoms with E-state index in [1.54, 1.807) is 25.1 Å². The second-order valence-corrected chi connectivity index (χ2v) is 2.68. The fourth-order valence-electron chi connectivity index (χ4n) is 1.11. The van der Waals surface area contributed by atoms with Crippen LogP contribution in [-0.2, 0) is 0 Å². The predicted molar refractivity (Wildman–Crippen MR) is 46.8 cm³/mol. The first-order chi connectivity index (χ1) is 5.65.